The van der Waals surface area contributed by atoms with E-state index in [0.29, 0.717) is 0 Å². The molecule has 11 heavy (non-hydrogen) atoms. The molecule has 0 spiro atoms. The first kappa shape index (κ1) is 8.05. The second-order valence-corrected chi connectivity index (χ2v) is 2.68. The third-order valence-corrected chi connectivity index (χ3v) is 1.79. The third-order valence-electron chi connectivity index (χ3n) is 1.79. The van der Waals surface area contributed by atoms with Crippen molar-refractivity contribution in [3.63, 3.8) is 0 Å². The Labute approximate surface area is 66.5 Å². The minimum Gasteiger partial charge on any atom is -0.466 e. The van der Waals surface area contributed by atoms with Crippen LogP contribution in [0.15, 0.2) is 23.3 Å². The van der Waals surface area contributed by atoms with Gasteiger partial charge in [0.2, 0.25) is 0 Å². The lowest BCUT2D eigenvalue weighted by atomic mass is 10.0. The molecule has 0 N–H and O–H groups in total. The molecule has 0 amide bonds. The van der Waals surface area contributed by atoms with E-state index in [0.717, 1.165) is 18.4 Å². The molecule has 0 aromatic rings. The molecule has 0 aliphatic heterocycles. The lowest BCUT2D eigenvalue weighted by molar-refractivity contribution is -0.136. The number of methoxy groups -OCH3 is 1. The Morgan fingerprint density at radius 3 is 2.64 bits per heavy atom. The fourth-order valence-corrected chi connectivity index (χ4v) is 1.03. The van der Waals surface area contributed by atoms with Gasteiger partial charge in [0.15, 0.2) is 0 Å². The Hall–Kier alpha value is -1.05. The summed E-state index contributed by atoms with van der Waals surface area (Å²) >= 11 is 0. The van der Waals surface area contributed by atoms with Crippen molar-refractivity contribution in [3.05, 3.63) is 23.3 Å². The SMILES string of the molecule is COC(=O)C1=CCC(C)=CC1. The maximum Gasteiger partial charge on any atom is 0.333 e. The molecule has 0 heterocycles. The van der Waals surface area contributed by atoms with Gasteiger partial charge in [-0.3, -0.25) is 0 Å². The summed E-state index contributed by atoms with van der Waals surface area (Å²) in [5, 5.41) is 0. The number of hydrogen-bond acceptors (Lipinski definition) is 2. The van der Waals surface area contributed by atoms with E-state index in [-0.39, 0.29) is 5.97 Å². The van der Waals surface area contributed by atoms with Crippen LogP contribution in [0.1, 0.15) is 19.8 Å². The zero-order valence-electron chi connectivity index (χ0n) is 6.89. The monoisotopic (exact) mass is 152 g/mol. The van der Waals surface area contributed by atoms with Gasteiger partial charge in [-0.25, -0.2) is 4.79 Å². The minimum absolute atomic E-state index is 0.200. The van der Waals surface area contributed by atoms with Gasteiger partial charge in [-0.15, -0.1) is 0 Å². The van der Waals surface area contributed by atoms with Crippen LogP contribution in [0.2, 0.25) is 0 Å². The zero-order chi connectivity index (χ0) is 8.27. The molecular formula is C9H12O2. The Balaban J connectivity index is 2.58. The molecule has 1 rings (SSSR count). The first-order valence-corrected chi connectivity index (χ1v) is 3.67. The number of allylic oxidation sites excluding steroid dienone is 3. The number of rotatable bonds is 1. The molecule has 0 saturated heterocycles. The van der Waals surface area contributed by atoms with Crippen LogP contribution in [-0.4, -0.2) is 13.1 Å². The highest BCUT2D eigenvalue weighted by Gasteiger charge is 2.10. The van der Waals surface area contributed by atoms with Crippen molar-refractivity contribution in [2.24, 2.45) is 0 Å². The molecule has 0 unspecified atom stereocenters. The summed E-state index contributed by atoms with van der Waals surface area (Å²) < 4.78 is 4.59. The fraction of sp³-hybridized carbons (Fsp3) is 0.444. The van der Waals surface area contributed by atoms with Crippen LogP contribution in [-0.2, 0) is 9.53 Å². The minimum atomic E-state index is -0.200. The smallest absolute Gasteiger partial charge is 0.333 e. The average molecular weight is 152 g/mol. The summed E-state index contributed by atoms with van der Waals surface area (Å²) in [6.07, 6.45) is 5.59. The highest BCUT2D eigenvalue weighted by molar-refractivity contribution is 5.88. The van der Waals surface area contributed by atoms with E-state index in [4.69, 9.17) is 0 Å². The average Bonchev–Trinajstić information content (AvgIpc) is 2.05. The Bertz CT molecular complexity index is 224. The van der Waals surface area contributed by atoms with E-state index < -0.39 is 0 Å². The van der Waals surface area contributed by atoms with Crippen LogP contribution in [0, 0.1) is 0 Å². The molecule has 0 fully saturated rings. The molecule has 1 aliphatic carbocycles. The highest BCUT2D eigenvalue weighted by Crippen LogP contribution is 2.17. The largest absolute Gasteiger partial charge is 0.466 e. The first-order valence-electron chi connectivity index (χ1n) is 3.67. The summed E-state index contributed by atoms with van der Waals surface area (Å²) in [5.74, 6) is -0.200. The second-order valence-electron chi connectivity index (χ2n) is 2.68. The number of esters is 1. The van der Waals surface area contributed by atoms with Crippen molar-refractivity contribution in [3.8, 4) is 0 Å². The number of hydrogen-bond donors (Lipinski definition) is 0. The van der Waals surface area contributed by atoms with Crippen LogP contribution in [0.4, 0.5) is 0 Å². The second kappa shape index (κ2) is 3.37. The third kappa shape index (κ3) is 1.93. The molecule has 0 aromatic heterocycles. The van der Waals surface area contributed by atoms with Crippen LogP contribution < -0.4 is 0 Å². The predicted molar refractivity (Wildman–Crippen MR) is 43.1 cm³/mol. The molecule has 0 saturated carbocycles. The van der Waals surface area contributed by atoms with Crippen molar-refractivity contribution < 1.29 is 9.53 Å². The molecule has 0 radical (unpaired) electrons. The lowest BCUT2D eigenvalue weighted by Crippen LogP contribution is -2.06. The van der Waals surface area contributed by atoms with Crippen LogP contribution in [0.3, 0.4) is 0 Å². The normalized spacial score (nSPS) is 16.9. The molecule has 0 atom stereocenters. The summed E-state index contributed by atoms with van der Waals surface area (Å²) in [4.78, 5) is 11.0. The van der Waals surface area contributed by atoms with Gasteiger partial charge in [0.1, 0.15) is 0 Å². The topological polar surface area (TPSA) is 26.3 Å². The van der Waals surface area contributed by atoms with E-state index in [9.17, 15) is 4.79 Å². The number of carbonyl (C=O) groups excluding carboxylic acids is 1. The van der Waals surface area contributed by atoms with Gasteiger partial charge < -0.3 is 4.74 Å². The van der Waals surface area contributed by atoms with Gasteiger partial charge in [-0.1, -0.05) is 17.7 Å². The van der Waals surface area contributed by atoms with E-state index in [1.54, 1.807) is 0 Å². The number of carbonyl (C=O) groups is 1. The van der Waals surface area contributed by atoms with Gasteiger partial charge in [0.25, 0.3) is 0 Å². The fourth-order valence-electron chi connectivity index (χ4n) is 1.03. The van der Waals surface area contributed by atoms with Crippen LogP contribution in [0.25, 0.3) is 0 Å². The van der Waals surface area contributed by atoms with Gasteiger partial charge >= 0.3 is 5.97 Å². The summed E-state index contributed by atoms with van der Waals surface area (Å²) in [6, 6.07) is 0. The van der Waals surface area contributed by atoms with E-state index in [2.05, 4.69) is 17.7 Å². The van der Waals surface area contributed by atoms with Gasteiger partial charge in [0, 0.05) is 5.57 Å². The maximum atomic E-state index is 11.0. The maximum absolute atomic E-state index is 11.0. The van der Waals surface area contributed by atoms with E-state index >= 15 is 0 Å². The van der Waals surface area contributed by atoms with E-state index in [1.807, 2.05) is 6.08 Å². The molecule has 2 nitrogen and oxygen atoms in total. The van der Waals surface area contributed by atoms with Crippen molar-refractivity contribution >= 4 is 5.97 Å². The van der Waals surface area contributed by atoms with Crippen molar-refractivity contribution in [2.45, 2.75) is 19.8 Å². The standard InChI is InChI=1S/C9H12O2/c1-7-3-5-8(6-4-7)9(10)11-2/h3,6H,4-5H2,1-2H3. The Kier molecular flexibility index (Phi) is 2.47. The summed E-state index contributed by atoms with van der Waals surface area (Å²) in [6.45, 7) is 2.06. The molecule has 2 heteroatoms. The van der Waals surface area contributed by atoms with E-state index in [1.165, 1.54) is 12.7 Å². The summed E-state index contributed by atoms with van der Waals surface area (Å²) in [5.41, 5.74) is 2.09. The summed E-state index contributed by atoms with van der Waals surface area (Å²) in [7, 11) is 1.41. The van der Waals surface area contributed by atoms with Crippen LogP contribution in [0.5, 0.6) is 0 Å². The number of ether oxygens (including phenoxy) is 1. The molecule has 60 valence electrons. The predicted octanol–water partition coefficient (Wildman–Crippen LogP) is 1.83. The lowest BCUT2D eigenvalue weighted by Gasteiger charge is -2.08. The van der Waals surface area contributed by atoms with Crippen molar-refractivity contribution in [1.29, 1.82) is 0 Å². The van der Waals surface area contributed by atoms with Gasteiger partial charge in [-0.2, -0.15) is 0 Å². The Morgan fingerprint density at radius 2 is 2.18 bits per heavy atom. The quantitative estimate of drug-likeness (QED) is 0.423. The van der Waals surface area contributed by atoms with Crippen molar-refractivity contribution in [2.75, 3.05) is 7.11 Å². The molecule has 1 aliphatic rings. The first-order chi connectivity index (χ1) is 5.24. The zero-order valence-corrected chi connectivity index (χ0v) is 6.89. The molecular weight excluding hydrogens is 140 g/mol. The molecule has 0 bridgehead atoms. The van der Waals surface area contributed by atoms with Crippen molar-refractivity contribution in [1.82, 2.24) is 0 Å². The van der Waals surface area contributed by atoms with Gasteiger partial charge in [-0.05, 0) is 19.8 Å². The van der Waals surface area contributed by atoms with Gasteiger partial charge in [0.05, 0.1) is 7.11 Å². The Morgan fingerprint density at radius 1 is 1.45 bits per heavy atom. The highest BCUT2D eigenvalue weighted by atomic mass is 16.5. The van der Waals surface area contributed by atoms with Crippen LogP contribution >= 0.6 is 0 Å². The molecule has 0 aromatic carbocycles.